The summed E-state index contributed by atoms with van der Waals surface area (Å²) in [5.41, 5.74) is 0.612. The summed E-state index contributed by atoms with van der Waals surface area (Å²) in [6.45, 7) is 3.37. The fraction of sp³-hybridized carbons (Fsp3) is 0.455. The summed E-state index contributed by atoms with van der Waals surface area (Å²) in [5.74, 6) is 0.0962. The van der Waals surface area contributed by atoms with Crippen LogP contribution in [0.25, 0.3) is 0 Å². The normalized spacial score (nSPS) is 11.4. The van der Waals surface area contributed by atoms with Crippen molar-refractivity contribution in [1.82, 2.24) is 5.32 Å². The second-order valence-electron chi connectivity index (χ2n) is 3.68. The third-order valence-corrected chi connectivity index (χ3v) is 4.10. The Morgan fingerprint density at radius 1 is 1.18 bits per heavy atom. The molecule has 0 unspecified atom stereocenters. The van der Waals surface area contributed by atoms with E-state index in [9.17, 15) is 8.42 Å². The van der Waals surface area contributed by atoms with Crippen molar-refractivity contribution >= 4 is 38.3 Å². The lowest BCUT2D eigenvalue weighted by Crippen LogP contribution is -2.27. The zero-order valence-corrected chi connectivity index (χ0v) is 12.7. The Labute approximate surface area is 116 Å². The number of anilines is 1. The first-order chi connectivity index (χ1) is 8.03. The van der Waals surface area contributed by atoms with Gasteiger partial charge in [0.25, 0.3) is 0 Å². The second-order valence-corrected chi connectivity index (χ2v) is 6.77. The summed E-state index contributed by atoms with van der Waals surface area (Å²) in [6, 6.07) is 7.26. The zero-order valence-electron chi connectivity index (χ0n) is 9.74. The van der Waals surface area contributed by atoms with Gasteiger partial charge in [-0.2, -0.15) is 0 Å². The molecule has 0 radical (unpaired) electrons. The van der Waals surface area contributed by atoms with Crippen LogP contribution in [0, 0.1) is 3.57 Å². The van der Waals surface area contributed by atoms with Crippen LogP contribution in [0.4, 0.5) is 5.69 Å². The molecule has 0 spiro atoms. The molecule has 4 nitrogen and oxygen atoms in total. The van der Waals surface area contributed by atoms with E-state index in [0.717, 1.165) is 16.5 Å². The lowest BCUT2D eigenvalue weighted by atomic mass is 10.3. The maximum atomic E-state index is 11.7. The average Bonchev–Trinajstić information content (AvgIpc) is 2.27. The van der Waals surface area contributed by atoms with Gasteiger partial charge in [0.05, 0.1) is 5.75 Å². The Kier molecular flexibility index (Phi) is 6.21. The highest BCUT2D eigenvalue weighted by molar-refractivity contribution is 14.1. The minimum Gasteiger partial charge on any atom is -0.316 e. The Morgan fingerprint density at radius 3 is 2.41 bits per heavy atom. The molecule has 0 saturated carbocycles. The molecule has 0 saturated heterocycles. The predicted molar refractivity (Wildman–Crippen MR) is 79.7 cm³/mol. The Bertz CT molecular complexity index is 431. The van der Waals surface area contributed by atoms with Crippen LogP contribution >= 0.6 is 22.6 Å². The Hall–Kier alpha value is -0.340. The van der Waals surface area contributed by atoms with Crippen LogP contribution in [0.2, 0.25) is 0 Å². The van der Waals surface area contributed by atoms with E-state index in [0.29, 0.717) is 12.2 Å². The molecule has 0 aliphatic rings. The monoisotopic (exact) mass is 368 g/mol. The van der Waals surface area contributed by atoms with Gasteiger partial charge >= 0.3 is 0 Å². The molecule has 1 aromatic carbocycles. The lowest BCUT2D eigenvalue weighted by Gasteiger charge is -2.08. The van der Waals surface area contributed by atoms with Crippen molar-refractivity contribution in [3.05, 3.63) is 27.8 Å². The van der Waals surface area contributed by atoms with E-state index in [2.05, 4.69) is 32.6 Å². The molecule has 17 heavy (non-hydrogen) atoms. The summed E-state index contributed by atoms with van der Waals surface area (Å²) in [6.07, 6.45) is 1.00. The van der Waals surface area contributed by atoms with Gasteiger partial charge in [-0.25, -0.2) is 8.42 Å². The minimum absolute atomic E-state index is 0.0962. The van der Waals surface area contributed by atoms with Crippen molar-refractivity contribution in [1.29, 1.82) is 0 Å². The van der Waals surface area contributed by atoms with E-state index >= 15 is 0 Å². The van der Waals surface area contributed by atoms with Gasteiger partial charge in [0.15, 0.2) is 0 Å². The molecule has 0 aliphatic heterocycles. The van der Waals surface area contributed by atoms with E-state index in [1.165, 1.54) is 0 Å². The first-order valence-electron chi connectivity index (χ1n) is 5.50. The lowest BCUT2D eigenvalue weighted by molar-refractivity contribution is 0.595. The smallest absolute Gasteiger partial charge is 0.233 e. The highest BCUT2D eigenvalue weighted by Gasteiger charge is 2.09. The molecule has 96 valence electrons. The number of sulfonamides is 1. The van der Waals surface area contributed by atoms with Crippen LogP contribution in [0.3, 0.4) is 0 Å². The highest BCUT2D eigenvalue weighted by atomic mass is 127. The quantitative estimate of drug-likeness (QED) is 0.572. The molecule has 0 bridgehead atoms. The van der Waals surface area contributed by atoms with Crippen LogP contribution in [0.1, 0.15) is 13.3 Å². The van der Waals surface area contributed by atoms with Gasteiger partial charge < -0.3 is 5.32 Å². The van der Waals surface area contributed by atoms with E-state index in [-0.39, 0.29) is 5.75 Å². The molecule has 0 atom stereocenters. The third-order valence-electron chi connectivity index (χ3n) is 2.09. The van der Waals surface area contributed by atoms with E-state index < -0.39 is 10.0 Å². The molecule has 0 fully saturated rings. The van der Waals surface area contributed by atoms with Crippen LogP contribution < -0.4 is 10.0 Å². The average molecular weight is 368 g/mol. The summed E-state index contributed by atoms with van der Waals surface area (Å²) in [4.78, 5) is 0. The van der Waals surface area contributed by atoms with Crippen LogP contribution in [0.5, 0.6) is 0 Å². The summed E-state index contributed by atoms with van der Waals surface area (Å²) >= 11 is 2.18. The van der Waals surface area contributed by atoms with Crippen molar-refractivity contribution in [2.45, 2.75) is 13.3 Å². The number of hydrogen-bond acceptors (Lipinski definition) is 3. The molecule has 2 N–H and O–H groups in total. The van der Waals surface area contributed by atoms with Crippen molar-refractivity contribution in [2.24, 2.45) is 0 Å². The summed E-state index contributed by atoms with van der Waals surface area (Å²) < 4.78 is 27.0. The standard InChI is InChI=1S/C11H17IN2O2S/c1-2-7-13-8-9-17(15,16)14-11-5-3-10(12)4-6-11/h3-6,13-14H,2,7-9H2,1H3. The first kappa shape index (κ1) is 14.7. The van der Waals surface area contributed by atoms with E-state index in [4.69, 9.17) is 0 Å². The largest absolute Gasteiger partial charge is 0.316 e. The maximum Gasteiger partial charge on any atom is 0.233 e. The maximum absolute atomic E-state index is 11.7. The van der Waals surface area contributed by atoms with Crippen LogP contribution in [-0.2, 0) is 10.0 Å². The Balaban J connectivity index is 2.46. The molecule has 0 heterocycles. The molecule has 0 amide bonds. The SMILES string of the molecule is CCCNCCS(=O)(=O)Nc1ccc(I)cc1. The number of halogens is 1. The highest BCUT2D eigenvalue weighted by Crippen LogP contribution is 2.12. The van der Waals surface area contributed by atoms with Gasteiger partial charge in [0.1, 0.15) is 0 Å². The summed E-state index contributed by atoms with van der Waals surface area (Å²) in [7, 11) is -3.24. The predicted octanol–water partition coefficient (Wildman–Crippen LogP) is 2.03. The second kappa shape index (κ2) is 7.17. The number of hydrogen-bond donors (Lipinski definition) is 2. The van der Waals surface area contributed by atoms with Gasteiger partial charge in [0.2, 0.25) is 10.0 Å². The first-order valence-corrected chi connectivity index (χ1v) is 8.23. The minimum atomic E-state index is -3.24. The van der Waals surface area contributed by atoms with Crippen LogP contribution in [-0.4, -0.2) is 27.3 Å². The van der Waals surface area contributed by atoms with Crippen molar-refractivity contribution in [3.63, 3.8) is 0 Å². The zero-order chi connectivity index (χ0) is 12.7. The number of benzene rings is 1. The van der Waals surface area contributed by atoms with E-state index in [1.807, 2.05) is 19.1 Å². The number of rotatable bonds is 7. The van der Waals surface area contributed by atoms with Gasteiger partial charge in [-0.05, 0) is 59.8 Å². The van der Waals surface area contributed by atoms with Crippen molar-refractivity contribution in [2.75, 3.05) is 23.6 Å². The molecule has 1 rings (SSSR count). The molecule has 1 aromatic rings. The molecule has 6 heteroatoms. The van der Waals surface area contributed by atoms with Gasteiger partial charge in [-0.1, -0.05) is 6.92 Å². The molecule has 0 aromatic heterocycles. The Morgan fingerprint density at radius 2 is 1.82 bits per heavy atom. The van der Waals surface area contributed by atoms with Gasteiger partial charge in [-0.15, -0.1) is 0 Å². The molecular formula is C11H17IN2O2S. The fourth-order valence-corrected chi connectivity index (χ4v) is 2.63. The van der Waals surface area contributed by atoms with Crippen LogP contribution in [0.15, 0.2) is 24.3 Å². The molecular weight excluding hydrogens is 351 g/mol. The molecule has 0 aliphatic carbocycles. The van der Waals surface area contributed by atoms with Crippen molar-refractivity contribution < 1.29 is 8.42 Å². The number of nitrogens with one attached hydrogen (secondary N) is 2. The van der Waals surface area contributed by atoms with Gasteiger partial charge in [0, 0.05) is 15.8 Å². The third kappa shape index (κ3) is 6.23. The topological polar surface area (TPSA) is 58.2 Å². The van der Waals surface area contributed by atoms with E-state index in [1.54, 1.807) is 12.1 Å². The summed E-state index contributed by atoms with van der Waals surface area (Å²) in [5, 5.41) is 3.07. The van der Waals surface area contributed by atoms with Crippen molar-refractivity contribution in [3.8, 4) is 0 Å². The fourth-order valence-electron chi connectivity index (χ4n) is 1.26. The van der Waals surface area contributed by atoms with Gasteiger partial charge in [-0.3, -0.25) is 4.72 Å².